The highest BCUT2D eigenvalue weighted by Gasteiger charge is 2.33. The first-order valence-corrected chi connectivity index (χ1v) is 11.7. The number of thioether (sulfide) groups is 1. The molecule has 1 heterocycles. The van der Waals surface area contributed by atoms with Gasteiger partial charge in [0.25, 0.3) is 11.8 Å². The molecule has 0 aliphatic carbocycles. The molecule has 1 aliphatic heterocycles. The molecule has 0 spiro atoms. The molecule has 6 nitrogen and oxygen atoms in total. The zero-order chi connectivity index (χ0) is 24.1. The van der Waals surface area contributed by atoms with E-state index in [1.807, 2.05) is 48.5 Å². The summed E-state index contributed by atoms with van der Waals surface area (Å²) in [4.78, 5) is 25.8. The Balaban J connectivity index is 1.42. The van der Waals surface area contributed by atoms with E-state index in [-0.39, 0.29) is 4.32 Å². The Bertz CT molecular complexity index is 1260. The summed E-state index contributed by atoms with van der Waals surface area (Å²) in [7, 11) is 1.54. The molecule has 3 aromatic carbocycles. The fourth-order valence-corrected chi connectivity index (χ4v) is 4.37. The van der Waals surface area contributed by atoms with E-state index in [0.717, 1.165) is 27.9 Å². The molecule has 0 radical (unpaired) electrons. The zero-order valence-electron chi connectivity index (χ0n) is 18.0. The highest BCUT2D eigenvalue weighted by atomic mass is 35.5. The molecule has 172 valence electrons. The van der Waals surface area contributed by atoms with Crippen LogP contribution in [0.2, 0.25) is 5.02 Å². The number of carbonyl (C=O) groups is 2. The van der Waals surface area contributed by atoms with E-state index >= 15 is 0 Å². The van der Waals surface area contributed by atoms with E-state index in [2.05, 4.69) is 5.43 Å². The SMILES string of the molecule is COc1ccc(C(=O)NN2C(=O)/C(=C\c3cccc(OCc4ccc(Cl)cc4)c3)SC2=S)cc1. The summed E-state index contributed by atoms with van der Waals surface area (Å²) in [6.07, 6.45) is 1.72. The molecule has 9 heteroatoms. The second-order valence-corrected chi connectivity index (χ2v) is 9.29. The summed E-state index contributed by atoms with van der Waals surface area (Å²) < 4.78 is 11.2. The van der Waals surface area contributed by atoms with Crippen LogP contribution >= 0.6 is 35.6 Å². The van der Waals surface area contributed by atoms with Crippen molar-refractivity contribution in [1.29, 1.82) is 0 Å². The van der Waals surface area contributed by atoms with Crippen molar-refractivity contribution in [2.45, 2.75) is 6.61 Å². The molecule has 0 aromatic heterocycles. The van der Waals surface area contributed by atoms with Crippen molar-refractivity contribution in [3.8, 4) is 11.5 Å². The molecule has 0 atom stereocenters. The Labute approximate surface area is 211 Å². The Hall–Kier alpha value is -3.33. The fourth-order valence-electron chi connectivity index (χ4n) is 3.07. The minimum atomic E-state index is -0.446. The molecule has 0 unspecified atom stereocenters. The first kappa shape index (κ1) is 23.8. The summed E-state index contributed by atoms with van der Waals surface area (Å²) in [6, 6.07) is 21.4. The van der Waals surface area contributed by atoms with Crippen LogP contribution in [0.15, 0.2) is 77.7 Å². The molecule has 1 N–H and O–H groups in total. The predicted octanol–water partition coefficient (Wildman–Crippen LogP) is 5.47. The number of carbonyl (C=O) groups excluding carboxylic acids is 2. The third kappa shape index (κ3) is 5.77. The summed E-state index contributed by atoms with van der Waals surface area (Å²) in [5.74, 6) is 0.443. The van der Waals surface area contributed by atoms with Crippen molar-refractivity contribution in [2.75, 3.05) is 7.11 Å². The minimum Gasteiger partial charge on any atom is -0.497 e. The van der Waals surface area contributed by atoms with Crippen molar-refractivity contribution in [3.63, 3.8) is 0 Å². The number of ether oxygens (including phenoxy) is 2. The summed E-state index contributed by atoms with van der Waals surface area (Å²) in [5.41, 5.74) is 4.71. The molecule has 1 fully saturated rings. The monoisotopic (exact) mass is 510 g/mol. The standard InChI is InChI=1S/C25H19ClN2O4S2/c1-31-20-11-7-18(8-12-20)23(29)27-28-24(30)22(34-25(28)33)14-17-3-2-4-21(13-17)32-15-16-5-9-19(26)10-6-16/h2-14H,15H2,1H3,(H,27,29)/b22-14+. The molecule has 4 rings (SSSR count). The number of thiocarbonyl (C=S) groups is 1. The van der Waals surface area contributed by atoms with E-state index in [1.54, 1.807) is 37.5 Å². The molecule has 1 saturated heterocycles. The number of methoxy groups -OCH3 is 1. The number of hydrazine groups is 1. The van der Waals surface area contributed by atoms with Crippen molar-refractivity contribution in [1.82, 2.24) is 10.4 Å². The minimum absolute atomic E-state index is 0.244. The second-order valence-electron chi connectivity index (χ2n) is 7.17. The van der Waals surface area contributed by atoms with Gasteiger partial charge >= 0.3 is 0 Å². The number of benzene rings is 3. The van der Waals surface area contributed by atoms with Crippen LogP contribution in [-0.2, 0) is 11.4 Å². The third-order valence-electron chi connectivity index (χ3n) is 4.83. The molecule has 1 aliphatic rings. The largest absolute Gasteiger partial charge is 0.497 e. The summed E-state index contributed by atoms with van der Waals surface area (Å²) >= 11 is 12.3. The van der Waals surface area contributed by atoms with Crippen LogP contribution < -0.4 is 14.9 Å². The maximum Gasteiger partial charge on any atom is 0.285 e. The number of rotatable bonds is 7. The third-order valence-corrected chi connectivity index (χ3v) is 6.39. The van der Waals surface area contributed by atoms with Gasteiger partial charge in [-0.1, -0.05) is 47.6 Å². The van der Waals surface area contributed by atoms with E-state index in [4.69, 9.17) is 33.3 Å². The molecule has 0 bridgehead atoms. The van der Waals surface area contributed by atoms with Gasteiger partial charge in [0.1, 0.15) is 18.1 Å². The number of nitrogens with one attached hydrogen (secondary N) is 1. The van der Waals surface area contributed by atoms with Gasteiger partial charge in [0, 0.05) is 10.6 Å². The van der Waals surface area contributed by atoms with Crippen LogP contribution in [0, 0.1) is 0 Å². The smallest absolute Gasteiger partial charge is 0.285 e. The molecule has 34 heavy (non-hydrogen) atoms. The van der Waals surface area contributed by atoms with Crippen LogP contribution in [-0.4, -0.2) is 28.3 Å². The molecule has 2 amide bonds. The average molecular weight is 511 g/mol. The fraction of sp³-hybridized carbons (Fsp3) is 0.0800. The van der Waals surface area contributed by atoms with Gasteiger partial charge in [-0.25, -0.2) is 0 Å². The maximum atomic E-state index is 12.9. The van der Waals surface area contributed by atoms with Gasteiger partial charge in [-0.2, -0.15) is 5.01 Å². The molecule has 0 saturated carbocycles. The van der Waals surface area contributed by atoms with Gasteiger partial charge in [-0.3, -0.25) is 15.0 Å². The normalized spacial score (nSPS) is 14.4. The van der Waals surface area contributed by atoms with Crippen LogP contribution in [0.25, 0.3) is 6.08 Å². The Kier molecular flexibility index (Phi) is 7.52. The second kappa shape index (κ2) is 10.7. The van der Waals surface area contributed by atoms with Gasteiger partial charge in [0.05, 0.1) is 12.0 Å². The van der Waals surface area contributed by atoms with Crippen LogP contribution in [0.1, 0.15) is 21.5 Å². The summed E-state index contributed by atoms with van der Waals surface area (Å²) in [6.45, 7) is 0.389. The lowest BCUT2D eigenvalue weighted by Crippen LogP contribution is -2.44. The lowest BCUT2D eigenvalue weighted by molar-refractivity contribution is -0.123. The first-order valence-electron chi connectivity index (χ1n) is 10.1. The van der Waals surface area contributed by atoms with Crippen molar-refractivity contribution in [2.24, 2.45) is 0 Å². The number of hydrogen-bond donors (Lipinski definition) is 1. The van der Waals surface area contributed by atoms with Crippen molar-refractivity contribution in [3.05, 3.63) is 99.4 Å². The number of amides is 2. The van der Waals surface area contributed by atoms with E-state index < -0.39 is 11.8 Å². The Morgan fingerprint density at radius 2 is 1.82 bits per heavy atom. The summed E-state index contributed by atoms with van der Waals surface area (Å²) in [5, 5.41) is 1.75. The maximum absolute atomic E-state index is 12.9. The van der Waals surface area contributed by atoms with Gasteiger partial charge in [0.15, 0.2) is 4.32 Å². The predicted molar refractivity (Wildman–Crippen MR) is 138 cm³/mol. The van der Waals surface area contributed by atoms with Crippen LogP contribution in [0.5, 0.6) is 11.5 Å². The van der Waals surface area contributed by atoms with Crippen molar-refractivity contribution < 1.29 is 19.1 Å². The van der Waals surface area contributed by atoms with Gasteiger partial charge in [-0.05, 0) is 78.0 Å². The quantitative estimate of drug-likeness (QED) is 0.335. The Morgan fingerprint density at radius 1 is 1.09 bits per heavy atom. The Morgan fingerprint density at radius 3 is 2.53 bits per heavy atom. The van der Waals surface area contributed by atoms with Crippen LogP contribution in [0.4, 0.5) is 0 Å². The topological polar surface area (TPSA) is 67.9 Å². The van der Waals surface area contributed by atoms with E-state index in [1.165, 1.54) is 0 Å². The number of nitrogens with zero attached hydrogens (tertiary/aromatic N) is 1. The van der Waals surface area contributed by atoms with E-state index in [0.29, 0.717) is 33.6 Å². The number of hydrogen-bond acceptors (Lipinski definition) is 6. The molecule has 3 aromatic rings. The molecular weight excluding hydrogens is 492 g/mol. The van der Waals surface area contributed by atoms with Gasteiger partial charge < -0.3 is 9.47 Å². The number of halogens is 1. The molecular formula is C25H19ClN2O4S2. The van der Waals surface area contributed by atoms with Crippen LogP contribution in [0.3, 0.4) is 0 Å². The van der Waals surface area contributed by atoms with Gasteiger partial charge in [0.2, 0.25) is 0 Å². The van der Waals surface area contributed by atoms with E-state index in [9.17, 15) is 9.59 Å². The zero-order valence-corrected chi connectivity index (χ0v) is 20.4. The highest BCUT2D eigenvalue weighted by molar-refractivity contribution is 8.26. The average Bonchev–Trinajstić information content (AvgIpc) is 3.11. The highest BCUT2D eigenvalue weighted by Crippen LogP contribution is 2.32. The lowest BCUT2D eigenvalue weighted by atomic mass is 10.2. The van der Waals surface area contributed by atoms with Crippen molar-refractivity contribution >= 4 is 57.8 Å². The first-order chi connectivity index (χ1) is 16.4. The van der Waals surface area contributed by atoms with Gasteiger partial charge in [-0.15, -0.1) is 0 Å². The lowest BCUT2D eigenvalue weighted by Gasteiger charge is -2.15.